The molecule has 5 nitrogen and oxygen atoms in total. The topological polar surface area (TPSA) is 67.2 Å². The molecule has 0 unspecified atom stereocenters. The lowest BCUT2D eigenvalue weighted by atomic mass is 10.2. The molecule has 21 heavy (non-hydrogen) atoms. The lowest BCUT2D eigenvalue weighted by Gasteiger charge is -2.06. The zero-order chi connectivity index (χ0) is 14.8. The van der Waals surface area contributed by atoms with Crippen LogP contribution in [0.4, 0.5) is 4.39 Å². The molecule has 0 aliphatic heterocycles. The molecule has 0 spiro atoms. The number of pyridine rings is 1. The van der Waals surface area contributed by atoms with E-state index in [0.29, 0.717) is 12.2 Å². The number of nitrogens with zero attached hydrogens (tertiary/aromatic N) is 2. The van der Waals surface area contributed by atoms with E-state index in [2.05, 4.69) is 4.98 Å². The van der Waals surface area contributed by atoms with Crippen molar-refractivity contribution in [3.8, 4) is 0 Å². The summed E-state index contributed by atoms with van der Waals surface area (Å²) in [5.74, 6) is -0.942. The molecule has 3 aromatic rings. The molecule has 0 bridgehead atoms. The summed E-state index contributed by atoms with van der Waals surface area (Å²) in [5.41, 5.74) is 3.24. The number of hydrogen-bond donors (Lipinski definition) is 2. The Hall–Kier alpha value is -2.73. The molecular formula is C15H12FN3O2. The molecular weight excluding hydrogens is 273 g/mol. The van der Waals surface area contributed by atoms with Gasteiger partial charge in [-0.25, -0.2) is 14.9 Å². The molecule has 1 aromatic carbocycles. The number of aromatic nitrogens is 2. The highest BCUT2D eigenvalue weighted by Gasteiger charge is 2.09. The van der Waals surface area contributed by atoms with Crippen LogP contribution in [0.2, 0.25) is 0 Å². The van der Waals surface area contributed by atoms with Gasteiger partial charge in [-0.2, -0.15) is 0 Å². The van der Waals surface area contributed by atoms with E-state index in [1.165, 1.54) is 18.2 Å². The molecule has 0 saturated carbocycles. The first-order valence-corrected chi connectivity index (χ1v) is 6.32. The molecule has 0 saturated heterocycles. The summed E-state index contributed by atoms with van der Waals surface area (Å²) in [4.78, 5) is 15.6. The van der Waals surface area contributed by atoms with E-state index in [4.69, 9.17) is 5.21 Å². The Balaban J connectivity index is 1.98. The van der Waals surface area contributed by atoms with Crippen molar-refractivity contribution in [2.24, 2.45) is 0 Å². The summed E-state index contributed by atoms with van der Waals surface area (Å²) in [6.07, 6.45) is 1.85. The van der Waals surface area contributed by atoms with Crippen molar-refractivity contribution >= 4 is 16.9 Å². The third-order valence-electron chi connectivity index (χ3n) is 3.21. The first-order chi connectivity index (χ1) is 10.2. The molecule has 0 fully saturated rings. The average molecular weight is 285 g/mol. The van der Waals surface area contributed by atoms with Gasteiger partial charge in [0, 0.05) is 18.1 Å². The van der Waals surface area contributed by atoms with Crippen LogP contribution in [0.5, 0.6) is 0 Å². The van der Waals surface area contributed by atoms with Gasteiger partial charge < -0.3 is 4.57 Å². The summed E-state index contributed by atoms with van der Waals surface area (Å²) in [6, 6.07) is 11.4. The fraction of sp³-hybridized carbons (Fsp3) is 0.0667. The smallest absolute Gasteiger partial charge is 0.293 e. The van der Waals surface area contributed by atoms with Crippen molar-refractivity contribution in [3.63, 3.8) is 0 Å². The number of nitrogens with one attached hydrogen (secondary N) is 1. The van der Waals surface area contributed by atoms with Crippen LogP contribution in [0.3, 0.4) is 0 Å². The van der Waals surface area contributed by atoms with Crippen LogP contribution >= 0.6 is 0 Å². The zero-order valence-corrected chi connectivity index (χ0v) is 11.0. The second-order valence-corrected chi connectivity index (χ2v) is 4.62. The van der Waals surface area contributed by atoms with Crippen LogP contribution in [0.25, 0.3) is 11.0 Å². The predicted molar refractivity (Wildman–Crippen MR) is 74.5 cm³/mol. The third kappa shape index (κ3) is 2.61. The van der Waals surface area contributed by atoms with Gasteiger partial charge in [0.2, 0.25) is 0 Å². The van der Waals surface area contributed by atoms with Crippen LogP contribution in [0, 0.1) is 5.82 Å². The number of hydroxylamine groups is 1. The van der Waals surface area contributed by atoms with E-state index in [1.54, 1.807) is 23.7 Å². The molecule has 0 aliphatic rings. The Labute approximate surface area is 119 Å². The van der Waals surface area contributed by atoms with E-state index in [0.717, 1.165) is 10.9 Å². The summed E-state index contributed by atoms with van der Waals surface area (Å²) in [5, 5.41) is 9.54. The Bertz CT molecular complexity index is 796. The fourth-order valence-corrected chi connectivity index (χ4v) is 2.16. The summed E-state index contributed by atoms with van der Waals surface area (Å²) < 4.78 is 14.8. The van der Waals surface area contributed by atoms with Gasteiger partial charge in [-0.3, -0.25) is 10.0 Å². The number of benzene rings is 1. The second-order valence-electron chi connectivity index (χ2n) is 4.62. The number of hydrogen-bond acceptors (Lipinski definition) is 3. The molecule has 1 amide bonds. The summed E-state index contributed by atoms with van der Waals surface area (Å²) in [6.45, 7) is 0.515. The van der Waals surface area contributed by atoms with Gasteiger partial charge in [-0.05, 0) is 35.9 Å². The maximum absolute atomic E-state index is 12.9. The van der Waals surface area contributed by atoms with Gasteiger partial charge >= 0.3 is 0 Å². The highest BCUT2D eigenvalue weighted by Crippen LogP contribution is 2.16. The van der Waals surface area contributed by atoms with Crippen LogP contribution in [-0.4, -0.2) is 20.7 Å². The number of carbonyl (C=O) groups is 1. The number of carbonyl (C=O) groups excluding carboxylic acids is 1. The fourth-order valence-electron chi connectivity index (χ4n) is 2.16. The number of halogens is 1. The highest BCUT2D eigenvalue weighted by molar-refractivity contribution is 5.93. The van der Waals surface area contributed by atoms with Crippen LogP contribution in [0.1, 0.15) is 16.1 Å². The van der Waals surface area contributed by atoms with Crippen LogP contribution < -0.4 is 5.48 Å². The monoisotopic (exact) mass is 285 g/mol. The molecule has 106 valence electrons. The maximum atomic E-state index is 12.9. The van der Waals surface area contributed by atoms with Gasteiger partial charge in [0.25, 0.3) is 5.91 Å². The van der Waals surface area contributed by atoms with Gasteiger partial charge in [0.15, 0.2) is 0 Å². The van der Waals surface area contributed by atoms with Gasteiger partial charge in [0.05, 0.1) is 0 Å². The van der Waals surface area contributed by atoms with E-state index in [9.17, 15) is 9.18 Å². The van der Waals surface area contributed by atoms with Crippen LogP contribution in [-0.2, 0) is 6.54 Å². The maximum Gasteiger partial charge on any atom is 0.293 e. The third-order valence-corrected chi connectivity index (χ3v) is 3.21. The summed E-state index contributed by atoms with van der Waals surface area (Å²) >= 11 is 0. The minimum Gasteiger partial charge on any atom is -0.328 e. The van der Waals surface area contributed by atoms with E-state index in [1.807, 2.05) is 16.8 Å². The molecule has 2 N–H and O–H groups in total. The SMILES string of the molecule is O=C(NO)c1ccc2ccn(Cc3ccc(F)cc3)c2n1. The van der Waals surface area contributed by atoms with Crippen molar-refractivity contribution in [2.45, 2.75) is 6.54 Å². The standard InChI is InChI=1S/C15H12FN3O2/c16-12-4-1-10(2-5-12)9-19-8-7-11-3-6-13(15(20)18-21)17-14(11)19/h1-8,21H,9H2,(H,18,20). The quantitative estimate of drug-likeness (QED) is 0.573. The molecule has 6 heteroatoms. The van der Waals surface area contributed by atoms with Crippen LogP contribution in [0.15, 0.2) is 48.7 Å². The Morgan fingerprint density at radius 2 is 1.95 bits per heavy atom. The molecule has 0 radical (unpaired) electrons. The minimum absolute atomic E-state index is 0.129. The zero-order valence-electron chi connectivity index (χ0n) is 11.0. The van der Waals surface area contributed by atoms with E-state index >= 15 is 0 Å². The second kappa shape index (κ2) is 5.34. The molecule has 2 heterocycles. The Kier molecular flexibility index (Phi) is 3.37. The first kappa shape index (κ1) is 13.3. The highest BCUT2D eigenvalue weighted by atomic mass is 19.1. The number of rotatable bonds is 3. The van der Waals surface area contributed by atoms with E-state index < -0.39 is 5.91 Å². The largest absolute Gasteiger partial charge is 0.328 e. The lowest BCUT2D eigenvalue weighted by Crippen LogP contribution is -2.20. The normalized spacial score (nSPS) is 10.8. The van der Waals surface area contributed by atoms with Crippen molar-refractivity contribution in [2.75, 3.05) is 0 Å². The molecule has 0 aliphatic carbocycles. The first-order valence-electron chi connectivity index (χ1n) is 6.32. The van der Waals surface area contributed by atoms with Crippen molar-refractivity contribution in [3.05, 3.63) is 65.7 Å². The van der Waals surface area contributed by atoms with Crippen molar-refractivity contribution in [1.82, 2.24) is 15.0 Å². The van der Waals surface area contributed by atoms with E-state index in [-0.39, 0.29) is 11.5 Å². The molecule has 0 atom stereocenters. The molecule has 2 aromatic heterocycles. The average Bonchev–Trinajstić information content (AvgIpc) is 2.91. The van der Waals surface area contributed by atoms with Gasteiger partial charge in [-0.15, -0.1) is 0 Å². The lowest BCUT2D eigenvalue weighted by molar-refractivity contribution is 0.0701. The molecule has 3 rings (SSSR count). The minimum atomic E-state index is -0.661. The van der Waals surface area contributed by atoms with Crippen molar-refractivity contribution < 1.29 is 14.4 Å². The van der Waals surface area contributed by atoms with Gasteiger partial charge in [0.1, 0.15) is 17.2 Å². The Morgan fingerprint density at radius 1 is 1.19 bits per heavy atom. The predicted octanol–water partition coefficient (Wildman–Crippen LogP) is 2.34. The van der Waals surface area contributed by atoms with Crippen molar-refractivity contribution in [1.29, 1.82) is 0 Å². The summed E-state index contributed by atoms with van der Waals surface area (Å²) in [7, 11) is 0. The number of fused-ring (bicyclic) bond motifs is 1. The Morgan fingerprint density at radius 3 is 2.67 bits per heavy atom. The number of amides is 1. The van der Waals surface area contributed by atoms with Gasteiger partial charge in [-0.1, -0.05) is 12.1 Å².